The highest BCUT2D eigenvalue weighted by molar-refractivity contribution is 7.54. The summed E-state index contributed by atoms with van der Waals surface area (Å²) in [6.07, 6.45) is -3.85. The van der Waals surface area contributed by atoms with Crippen molar-refractivity contribution >= 4 is 7.60 Å². The van der Waals surface area contributed by atoms with Crippen molar-refractivity contribution in [2.45, 2.75) is 82.3 Å². The standard InChI is InChI=1S/C18H31N2O9P/c1-6-17(3,29-30(26,27)18(4,25)7-2)8-11-12(21)13(22)14(28-11)10-9-19-16(24)20(5)15(10)23/h9,11-14,21-22,25H,6-8H2,1-5H3,(H,19,24)(H,26,27)/t11-,12-,13-,14+,17?,18+/m1/s1. The summed E-state index contributed by atoms with van der Waals surface area (Å²) in [6.45, 7) is 5.99. The van der Waals surface area contributed by atoms with E-state index in [9.17, 15) is 34.4 Å². The number of aliphatic hydroxyl groups excluding tert-OH is 2. The third kappa shape index (κ3) is 4.62. The van der Waals surface area contributed by atoms with Crippen molar-refractivity contribution in [3.63, 3.8) is 0 Å². The Balaban J connectivity index is 2.28. The lowest BCUT2D eigenvalue weighted by Crippen LogP contribution is -2.40. The summed E-state index contributed by atoms with van der Waals surface area (Å²) in [6, 6.07) is 0. The molecule has 0 amide bonds. The van der Waals surface area contributed by atoms with Gasteiger partial charge in [-0.3, -0.25) is 13.9 Å². The molecule has 0 radical (unpaired) electrons. The number of nitrogens with zero attached hydrogens (tertiary/aromatic N) is 1. The molecule has 1 aromatic rings. The molecular formula is C18H31N2O9P. The van der Waals surface area contributed by atoms with Gasteiger partial charge in [-0.2, -0.15) is 0 Å². The summed E-state index contributed by atoms with van der Waals surface area (Å²) >= 11 is 0. The number of aliphatic hydroxyl groups is 3. The highest BCUT2D eigenvalue weighted by Gasteiger charge is 2.50. The Bertz CT molecular complexity index is 927. The number of rotatable bonds is 8. The maximum absolute atomic E-state index is 12.6. The second-order valence-corrected chi connectivity index (χ2v) is 10.4. The van der Waals surface area contributed by atoms with Crippen LogP contribution in [0.25, 0.3) is 0 Å². The third-order valence-corrected chi connectivity index (χ3v) is 8.10. The number of hydrogen-bond acceptors (Lipinski definition) is 8. The van der Waals surface area contributed by atoms with Crippen molar-refractivity contribution in [2.75, 3.05) is 0 Å². The van der Waals surface area contributed by atoms with Crippen LogP contribution in [0.2, 0.25) is 0 Å². The first kappa shape index (κ1) is 24.9. The average molecular weight is 450 g/mol. The predicted octanol–water partition coefficient (Wildman–Crippen LogP) is 0.115. The molecule has 1 aliphatic rings. The van der Waals surface area contributed by atoms with Crippen LogP contribution in [0.15, 0.2) is 15.8 Å². The molecule has 12 heteroatoms. The van der Waals surface area contributed by atoms with Gasteiger partial charge in [-0.05, 0) is 26.7 Å². The molecule has 1 fully saturated rings. The van der Waals surface area contributed by atoms with Crippen molar-refractivity contribution in [2.24, 2.45) is 7.05 Å². The van der Waals surface area contributed by atoms with Crippen LogP contribution < -0.4 is 11.2 Å². The van der Waals surface area contributed by atoms with E-state index in [0.29, 0.717) is 0 Å². The fourth-order valence-electron chi connectivity index (χ4n) is 3.23. The van der Waals surface area contributed by atoms with Gasteiger partial charge in [0.05, 0.1) is 17.3 Å². The molecule has 2 unspecified atom stereocenters. The second kappa shape index (κ2) is 8.66. The van der Waals surface area contributed by atoms with Crippen molar-refractivity contribution in [3.05, 3.63) is 32.6 Å². The summed E-state index contributed by atoms with van der Waals surface area (Å²) in [5, 5.41) is 29.2. The van der Waals surface area contributed by atoms with Crippen molar-refractivity contribution < 1.29 is 34.0 Å². The van der Waals surface area contributed by atoms with E-state index in [0.717, 1.165) is 10.8 Å². The van der Waals surface area contributed by atoms with Gasteiger partial charge in [0.25, 0.3) is 5.56 Å². The molecular weight excluding hydrogens is 419 g/mol. The average Bonchev–Trinajstić information content (AvgIpc) is 2.93. The molecule has 0 saturated carbocycles. The Morgan fingerprint density at radius 1 is 1.23 bits per heavy atom. The topological polar surface area (TPSA) is 171 Å². The SMILES string of the molecule is CCC(C)(C[C@H]1O[C@@H](c2c[nH]c(=O)n(C)c2=O)[C@H](O)[C@@H]1O)OP(=O)(O)[C@](C)(O)CC. The second-order valence-electron chi connectivity index (χ2n) is 8.18. The number of hydrogen-bond donors (Lipinski definition) is 5. The van der Waals surface area contributed by atoms with Crippen LogP contribution in [0.5, 0.6) is 0 Å². The molecule has 0 aliphatic carbocycles. The van der Waals surface area contributed by atoms with E-state index in [1.165, 1.54) is 20.9 Å². The molecule has 11 nitrogen and oxygen atoms in total. The minimum Gasteiger partial charge on any atom is -0.388 e. The van der Waals surface area contributed by atoms with Crippen LogP contribution >= 0.6 is 7.60 Å². The van der Waals surface area contributed by atoms with Crippen LogP contribution in [-0.2, 0) is 20.9 Å². The normalized spacial score (nSPS) is 30.4. The van der Waals surface area contributed by atoms with Crippen molar-refractivity contribution in [1.29, 1.82) is 0 Å². The molecule has 172 valence electrons. The van der Waals surface area contributed by atoms with Gasteiger partial charge < -0.3 is 34.5 Å². The number of aromatic nitrogens is 2. The lowest BCUT2D eigenvalue weighted by Gasteiger charge is -2.37. The quantitative estimate of drug-likeness (QED) is 0.345. The van der Waals surface area contributed by atoms with E-state index >= 15 is 0 Å². The first-order valence-electron chi connectivity index (χ1n) is 9.76. The number of nitrogens with one attached hydrogen (secondary N) is 1. The zero-order chi connectivity index (χ0) is 23.1. The first-order valence-corrected chi connectivity index (χ1v) is 11.3. The molecule has 1 aromatic heterocycles. The molecule has 0 spiro atoms. The van der Waals surface area contributed by atoms with Crippen LogP contribution in [0.3, 0.4) is 0 Å². The Morgan fingerprint density at radius 2 is 1.83 bits per heavy atom. The molecule has 5 N–H and O–H groups in total. The lowest BCUT2D eigenvalue weighted by molar-refractivity contribution is -0.0533. The van der Waals surface area contributed by atoms with Gasteiger partial charge >= 0.3 is 13.3 Å². The van der Waals surface area contributed by atoms with Gasteiger partial charge in [0.2, 0.25) is 0 Å². The van der Waals surface area contributed by atoms with Crippen molar-refractivity contribution in [3.8, 4) is 0 Å². The molecule has 1 saturated heterocycles. The fourth-order valence-corrected chi connectivity index (χ4v) is 4.63. The third-order valence-electron chi connectivity index (χ3n) is 5.88. The van der Waals surface area contributed by atoms with E-state index in [-0.39, 0.29) is 24.8 Å². The molecule has 30 heavy (non-hydrogen) atoms. The van der Waals surface area contributed by atoms with E-state index in [1.54, 1.807) is 13.8 Å². The first-order chi connectivity index (χ1) is 13.7. The van der Waals surface area contributed by atoms with Gasteiger partial charge in [-0.25, -0.2) is 4.79 Å². The van der Waals surface area contributed by atoms with Crippen molar-refractivity contribution in [1.82, 2.24) is 9.55 Å². The van der Waals surface area contributed by atoms with Crippen LogP contribution in [0.4, 0.5) is 0 Å². The summed E-state index contributed by atoms with van der Waals surface area (Å²) in [7, 11) is -3.19. The Kier molecular flexibility index (Phi) is 7.20. The van der Waals surface area contributed by atoms with Gasteiger partial charge in [0, 0.05) is 19.7 Å². The molecule has 0 aromatic carbocycles. The summed E-state index contributed by atoms with van der Waals surface area (Å²) in [5.74, 6) is 0. The highest BCUT2D eigenvalue weighted by Crippen LogP contribution is 2.59. The lowest BCUT2D eigenvalue weighted by atomic mass is 9.92. The van der Waals surface area contributed by atoms with Crippen LogP contribution in [-0.4, -0.2) is 59.0 Å². The van der Waals surface area contributed by atoms with E-state index < -0.39 is 54.2 Å². The Morgan fingerprint density at radius 3 is 2.37 bits per heavy atom. The molecule has 0 bridgehead atoms. The molecule has 2 heterocycles. The summed E-state index contributed by atoms with van der Waals surface area (Å²) in [5.41, 5.74) is -2.63. The van der Waals surface area contributed by atoms with Gasteiger partial charge in [0.1, 0.15) is 18.3 Å². The smallest absolute Gasteiger partial charge is 0.359 e. The maximum atomic E-state index is 12.6. The van der Waals surface area contributed by atoms with Gasteiger partial charge in [-0.1, -0.05) is 13.8 Å². The van der Waals surface area contributed by atoms with Gasteiger partial charge in [0.15, 0.2) is 5.34 Å². The largest absolute Gasteiger partial charge is 0.388 e. The fraction of sp³-hybridized carbons (Fsp3) is 0.778. The van der Waals surface area contributed by atoms with E-state index in [2.05, 4.69) is 4.98 Å². The van der Waals surface area contributed by atoms with Crippen LogP contribution in [0, 0.1) is 0 Å². The van der Waals surface area contributed by atoms with Crippen LogP contribution in [0.1, 0.15) is 58.6 Å². The molecule has 7 atom stereocenters. The summed E-state index contributed by atoms with van der Waals surface area (Å²) in [4.78, 5) is 36.5. The maximum Gasteiger partial charge on any atom is 0.359 e. The van der Waals surface area contributed by atoms with E-state index in [4.69, 9.17) is 9.26 Å². The summed E-state index contributed by atoms with van der Waals surface area (Å²) < 4.78 is 24.6. The minimum absolute atomic E-state index is 0.0145. The number of aromatic amines is 1. The van der Waals surface area contributed by atoms with Gasteiger partial charge in [-0.15, -0.1) is 0 Å². The zero-order valence-corrected chi connectivity index (χ0v) is 18.6. The monoisotopic (exact) mass is 450 g/mol. The highest BCUT2D eigenvalue weighted by atomic mass is 31.2. The number of H-pyrrole nitrogens is 1. The zero-order valence-electron chi connectivity index (χ0n) is 17.7. The predicted molar refractivity (Wildman–Crippen MR) is 107 cm³/mol. The Hall–Kier alpha value is -1.33. The number of ether oxygens (including phenoxy) is 1. The van der Waals surface area contributed by atoms with E-state index in [1.807, 2.05) is 0 Å². The molecule has 2 rings (SSSR count). The molecule has 1 aliphatic heterocycles. The minimum atomic E-state index is -4.46. The Labute approximate surface area is 173 Å².